The van der Waals surface area contributed by atoms with Crippen LogP contribution in [0.15, 0.2) is 36.4 Å². The van der Waals surface area contributed by atoms with Crippen molar-refractivity contribution in [3.8, 4) is 22.9 Å². The molecule has 3 aromatic rings. The van der Waals surface area contributed by atoms with Crippen LogP contribution in [0.25, 0.3) is 21.5 Å². The van der Waals surface area contributed by atoms with Gasteiger partial charge in [0.15, 0.2) is 0 Å². The molecule has 0 N–H and O–H groups in total. The molecule has 92 valence electrons. The molecule has 0 fully saturated rings. The molecule has 2 heteroatoms. The second kappa shape index (κ2) is 5.39. The van der Waals surface area contributed by atoms with Gasteiger partial charge in [-0.2, -0.15) is 0 Å². The Labute approximate surface area is 125 Å². The molecule has 0 heterocycles. The van der Waals surface area contributed by atoms with Gasteiger partial charge in [0.2, 0.25) is 0 Å². The number of hydrogen-bond donors (Lipinski definition) is 0. The van der Waals surface area contributed by atoms with Crippen LogP contribution in [0.5, 0.6) is 0 Å². The van der Waals surface area contributed by atoms with Crippen LogP contribution >= 0.6 is 0 Å². The molecule has 20 heavy (non-hydrogen) atoms. The molecule has 0 aliphatic rings. The summed E-state index contributed by atoms with van der Waals surface area (Å²) in [5.74, 6) is 6.34. The Morgan fingerprint density at radius 2 is 1.75 bits per heavy atom. The van der Waals surface area contributed by atoms with E-state index in [1.54, 1.807) is 0 Å². The van der Waals surface area contributed by atoms with Gasteiger partial charge in [-0.15, -0.1) is 11.1 Å². The molecule has 0 unspecified atom stereocenters. The molecule has 2 radical (unpaired) electrons. The number of fused-ring (bicyclic) bond motifs is 2. The fourth-order valence-electron chi connectivity index (χ4n) is 2.35. The lowest BCUT2D eigenvalue weighted by molar-refractivity contribution is 1.65. The Morgan fingerprint density at radius 3 is 2.55 bits per heavy atom. The number of rotatable bonds is 0. The van der Waals surface area contributed by atoms with E-state index in [2.05, 4.69) is 59.3 Å². The third-order valence-corrected chi connectivity index (χ3v) is 3.69. The van der Waals surface area contributed by atoms with E-state index < -0.39 is 0 Å². The molecular weight excluding hydrogens is 272 g/mol. The van der Waals surface area contributed by atoms with Gasteiger partial charge in [0.25, 0.3) is 0 Å². The van der Waals surface area contributed by atoms with Crippen LogP contribution in [0.1, 0.15) is 11.1 Å². The summed E-state index contributed by atoms with van der Waals surface area (Å²) in [6.07, 6.45) is 0. The third-order valence-electron chi connectivity index (χ3n) is 3.19. The molecule has 0 aromatic heterocycles. The van der Waals surface area contributed by atoms with Gasteiger partial charge in [0.05, 0.1) is 20.5 Å². The monoisotopic (exact) mass is 284 g/mol. The highest BCUT2D eigenvalue weighted by molar-refractivity contribution is 6.23. The molecule has 0 saturated carbocycles. The van der Waals surface area contributed by atoms with Gasteiger partial charge in [-0.3, -0.25) is 0 Å². The summed E-state index contributed by atoms with van der Waals surface area (Å²) < 4.78 is 0. The molecule has 0 spiro atoms. The minimum absolute atomic E-state index is 0.869. The van der Waals surface area contributed by atoms with Crippen molar-refractivity contribution in [2.75, 3.05) is 0 Å². The zero-order valence-electron chi connectivity index (χ0n) is 11.5. The highest BCUT2D eigenvalue weighted by Crippen LogP contribution is 2.26. The van der Waals surface area contributed by atoms with Crippen molar-refractivity contribution >= 4 is 42.0 Å². The first-order valence-corrected chi connectivity index (χ1v) is 8.47. The van der Waals surface area contributed by atoms with Crippen molar-refractivity contribution < 1.29 is 0 Å². The molecule has 0 aliphatic heterocycles. The SMILES string of the molecule is [SiH3]C#Cc1[c]c(C#C[SiH3])c2cc3cc[c]cc3cc2c1. The zero-order valence-corrected chi connectivity index (χ0v) is 15.5. The zero-order chi connectivity index (χ0) is 13.9. The minimum atomic E-state index is 0.869. The van der Waals surface area contributed by atoms with E-state index in [1.165, 1.54) is 16.2 Å². The third kappa shape index (κ3) is 2.28. The summed E-state index contributed by atoms with van der Waals surface area (Å²) >= 11 is 0. The first kappa shape index (κ1) is 12.8. The van der Waals surface area contributed by atoms with Crippen molar-refractivity contribution in [1.82, 2.24) is 0 Å². The highest BCUT2D eigenvalue weighted by Gasteiger charge is 2.04. The van der Waals surface area contributed by atoms with Crippen LogP contribution in [0.3, 0.4) is 0 Å². The van der Waals surface area contributed by atoms with Crippen LogP contribution in [-0.4, -0.2) is 20.5 Å². The fraction of sp³-hybridized carbons (Fsp3) is 0. The quantitative estimate of drug-likeness (QED) is 0.327. The Morgan fingerprint density at radius 1 is 0.900 bits per heavy atom. The second-order valence-electron chi connectivity index (χ2n) is 4.52. The molecule has 3 rings (SSSR count). The first-order chi connectivity index (χ1) is 9.81. The Balaban J connectivity index is 2.44. The molecule has 0 atom stereocenters. The van der Waals surface area contributed by atoms with E-state index in [1.807, 2.05) is 12.1 Å². The van der Waals surface area contributed by atoms with Crippen LogP contribution in [0.4, 0.5) is 0 Å². The molecule has 3 aromatic carbocycles. The van der Waals surface area contributed by atoms with E-state index in [9.17, 15) is 0 Å². The van der Waals surface area contributed by atoms with Crippen molar-refractivity contribution in [1.29, 1.82) is 0 Å². The lowest BCUT2D eigenvalue weighted by Gasteiger charge is -2.05. The maximum atomic E-state index is 3.34. The van der Waals surface area contributed by atoms with Crippen LogP contribution in [0, 0.1) is 35.1 Å². The van der Waals surface area contributed by atoms with Crippen molar-refractivity contribution in [3.63, 3.8) is 0 Å². The van der Waals surface area contributed by atoms with Gasteiger partial charge in [-0.05, 0) is 51.9 Å². The molecule has 0 amide bonds. The lowest BCUT2D eigenvalue weighted by Crippen LogP contribution is -1.86. The smallest absolute Gasteiger partial charge is 0.0911 e. The highest BCUT2D eigenvalue weighted by atomic mass is 28.1. The van der Waals surface area contributed by atoms with Crippen molar-refractivity contribution in [3.05, 3.63) is 59.7 Å². The Kier molecular flexibility index (Phi) is 3.43. The average molecular weight is 284 g/mol. The van der Waals surface area contributed by atoms with E-state index >= 15 is 0 Å². The van der Waals surface area contributed by atoms with Gasteiger partial charge < -0.3 is 0 Å². The number of benzene rings is 3. The van der Waals surface area contributed by atoms with Crippen molar-refractivity contribution in [2.24, 2.45) is 0 Å². The topological polar surface area (TPSA) is 0 Å². The summed E-state index contributed by atoms with van der Waals surface area (Å²) in [6, 6.07) is 19.0. The van der Waals surface area contributed by atoms with Gasteiger partial charge in [0, 0.05) is 17.2 Å². The summed E-state index contributed by atoms with van der Waals surface area (Å²) in [6.45, 7) is 0. The number of hydrogen-bond acceptors (Lipinski definition) is 0. The van der Waals surface area contributed by atoms with E-state index in [4.69, 9.17) is 0 Å². The average Bonchev–Trinajstić information content (AvgIpc) is 2.46. The van der Waals surface area contributed by atoms with Crippen LogP contribution < -0.4 is 0 Å². The minimum Gasteiger partial charge on any atom is -0.138 e. The molecule has 0 nitrogen and oxygen atoms in total. The normalized spacial score (nSPS) is 10.0. The Hall–Kier alpha value is -2.27. The predicted molar refractivity (Wildman–Crippen MR) is 92.8 cm³/mol. The summed E-state index contributed by atoms with van der Waals surface area (Å²) in [5, 5.41) is 4.74. The van der Waals surface area contributed by atoms with E-state index in [0.717, 1.165) is 37.0 Å². The van der Waals surface area contributed by atoms with Gasteiger partial charge in [0.1, 0.15) is 0 Å². The van der Waals surface area contributed by atoms with Gasteiger partial charge >= 0.3 is 0 Å². The first-order valence-electron chi connectivity index (χ1n) is 6.47. The molecule has 0 bridgehead atoms. The van der Waals surface area contributed by atoms with Crippen LogP contribution in [-0.2, 0) is 0 Å². The molecule has 0 saturated heterocycles. The predicted octanol–water partition coefficient (Wildman–Crippen LogP) is 0.942. The summed E-state index contributed by atoms with van der Waals surface area (Å²) in [5.41, 5.74) is 8.07. The molecular formula is C18H12Si2. The standard InChI is InChI=1S/C18H12Si2/c19-7-5-13-9-16(6-8-20)18-12-15-4-2-1-3-14(15)11-17(18)10-13/h2-4,10-12H,19-20H3. The fourth-order valence-corrected chi connectivity index (χ4v) is 2.87. The largest absolute Gasteiger partial charge is 0.138 e. The molecule has 0 aliphatic carbocycles. The maximum absolute atomic E-state index is 3.34. The Bertz CT molecular complexity index is 932. The van der Waals surface area contributed by atoms with E-state index in [0.29, 0.717) is 0 Å². The second-order valence-corrected chi connectivity index (χ2v) is 5.52. The van der Waals surface area contributed by atoms with Crippen LogP contribution in [0.2, 0.25) is 0 Å². The van der Waals surface area contributed by atoms with Crippen molar-refractivity contribution in [2.45, 2.75) is 0 Å². The van der Waals surface area contributed by atoms with Gasteiger partial charge in [-0.1, -0.05) is 24.0 Å². The lowest BCUT2D eigenvalue weighted by atomic mass is 9.98. The summed E-state index contributed by atoms with van der Waals surface area (Å²) in [4.78, 5) is 0. The van der Waals surface area contributed by atoms with E-state index in [-0.39, 0.29) is 0 Å². The maximum Gasteiger partial charge on any atom is 0.0911 e. The van der Waals surface area contributed by atoms with Gasteiger partial charge in [-0.25, -0.2) is 0 Å². The summed E-state index contributed by atoms with van der Waals surface area (Å²) in [7, 11) is 1.75.